The summed E-state index contributed by atoms with van der Waals surface area (Å²) in [4.78, 5) is 29.3. The summed E-state index contributed by atoms with van der Waals surface area (Å²) < 4.78 is 7.47. The van der Waals surface area contributed by atoms with Gasteiger partial charge in [0.1, 0.15) is 11.5 Å². The van der Waals surface area contributed by atoms with Crippen LogP contribution < -0.4 is 10.1 Å². The lowest BCUT2D eigenvalue weighted by molar-refractivity contribution is -0.384. The molecule has 9 nitrogen and oxygen atoms in total. The highest BCUT2D eigenvalue weighted by Gasteiger charge is 2.18. The first-order chi connectivity index (χ1) is 17.8. The Morgan fingerprint density at radius 1 is 1.05 bits per heavy atom. The Labute approximate surface area is 216 Å². The van der Waals surface area contributed by atoms with Crippen molar-refractivity contribution in [3.63, 3.8) is 0 Å². The number of nitrogens with zero attached hydrogens (tertiary/aromatic N) is 4. The minimum absolute atomic E-state index is 0.193. The van der Waals surface area contributed by atoms with Gasteiger partial charge in [0, 0.05) is 41.3 Å². The highest BCUT2D eigenvalue weighted by Crippen LogP contribution is 2.32. The third kappa shape index (κ3) is 5.12. The molecule has 0 aliphatic heterocycles. The summed E-state index contributed by atoms with van der Waals surface area (Å²) in [6.45, 7) is 1.87. The SMILES string of the molecule is Cc1nn(C)cc1-c1cc(C(=O)Nc2cc(Oc3ccc(Cl)cc3)cc([N+](=O)[O-])c2)c2ccccc2n1. The van der Waals surface area contributed by atoms with Crippen LogP contribution in [0.15, 0.2) is 79.0 Å². The average Bonchev–Trinajstić information content (AvgIpc) is 3.22. The molecule has 5 rings (SSSR count). The van der Waals surface area contributed by atoms with E-state index in [1.165, 1.54) is 18.2 Å². The molecule has 2 heterocycles. The second-order valence-corrected chi connectivity index (χ2v) is 8.79. The minimum atomic E-state index is -0.546. The van der Waals surface area contributed by atoms with Gasteiger partial charge < -0.3 is 10.1 Å². The van der Waals surface area contributed by atoms with Crippen LogP contribution in [0.4, 0.5) is 11.4 Å². The van der Waals surface area contributed by atoms with E-state index < -0.39 is 10.8 Å². The molecule has 184 valence electrons. The normalized spacial score (nSPS) is 10.9. The van der Waals surface area contributed by atoms with Crippen molar-refractivity contribution in [2.45, 2.75) is 6.92 Å². The maximum Gasteiger partial charge on any atom is 0.275 e. The first kappa shape index (κ1) is 24.0. The fraction of sp³-hybridized carbons (Fsp3) is 0.0741. The highest BCUT2D eigenvalue weighted by molar-refractivity contribution is 6.30. The molecular weight excluding hydrogens is 494 g/mol. The van der Waals surface area contributed by atoms with Gasteiger partial charge in [-0.05, 0) is 43.3 Å². The molecule has 3 aromatic carbocycles. The van der Waals surface area contributed by atoms with Crippen molar-refractivity contribution in [3.8, 4) is 22.8 Å². The maximum absolute atomic E-state index is 13.5. The predicted molar refractivity (Wildman–Crippen MR) is 141 cm³/mol. The number of fused-ring (bicyclic) bond motifs is 1. The van der Waals surface area contributed by atoms with Gasteiger partial charge in [-0.15, -0.1) is 0 Å². The molecule has 0 radical (unpaired) electrons. The number of amides is 1. The number of benzene rings is 3. The molecule has 37 heavy (non-hydrogen) atoms. The van der Waals surface area contributed by atoms with Gasteiger partial charge in [0.05, 0.1) is 39.1 Å². The van der Waals surface area contributed by atoms with E-state index in [0.717, 1.165) is 11.3 Å². The number of aryl methyl sites for hydroxylation is 2. The number of hydrogen-bond donors (Lipinski definition) is 1. The van der Waals surface area contributed by atoms with Crippen molar-refractivity contribution < 1.29 is 14.5 Å². The molecule has 10 heteroatoms. The van der Waals surface area contributed by atoms with Crippen LogP contribution in [-0.2, 0) is 7.05 Å². The lowest BCUT2D eigenvalue weighted by Gasteiger charge is -2.12. The number of nitro benzene ring substituents is 1. The molecule has 0 aliphatic rings. The number of nitro groups is 1. The Hall–Kier alpha value is -4.76. The van der Waals surface area contributed by atoms with Gasteiger partial charge in [-0.2, -0.15) is 5.10 Å². The zero-order valence-electron chi connectivity index (χ0n) is 19.8. The zero-order valence-corrected chi connectivity index (χ0v) is 20.6. The van der Waals surface area contributed by atoms with Gasteiger partial charge in [0.25, 0.3) is 11.6 Å². The number of rotatable bonds is 6. The Morgan fingerprint density at radius 3 is 2.51 bits per heavy atom. The Bertz CT molecular complexity index is 1660. The number of anilines is 1. The summed E-state index contributed by atoms with van der Waals surface area (Å²) in [7, 11) is 1.82. The number of para-hydroxylation sites is 1. The van der Waals surface area contributed by atoms with Crippen molar-refractivity contribution in [2.24, 2.45) is 7.05 Å². The molecule has 5 aromatic rings. The molecule has 0 unspecified atom stereocenters. The molecule has 2 aromatic heterocycles. The molecule has 0 bridgehead atoms. The number of halogens is 1. The molecule has 0 aliphatic carbocycles. The monoisotopic (exact) mass is 513 g/mol. The van der Waals surface area contributed by atoms with Gasteiger partial charge in [-0.3, -0.25) is 19.6 Å². The number of pyridine rings is 1. The topological polar surface area (TPSA) is 112 Å². The second-order valence-electron chi connectivity index (χ2n) is 8.36. The molecule has 0 fully saturated rings. The van der Waals surface area contributed by atoms with Gasteiger partial charge >= 0.3 is 0 Å². The first-order valence-electron chi connectivity index (χ1n) is 11.2. The summed E-state index contributed by atoms with van der Waals surface area (Å²) in [6.07, 6.45) is 1.84. The molecule has 1 amide bonds. The molecule has 0 atom stereocenters. The van der Waals surface area contributed by atoms with E-state index in [1.54, 1.807) is 41.1 Å². The fourth-order valence-corrected chi connectivity index (χ4v) is 4.14. The van der Waals surface area contributed by atoms with Crippen LogP contribution in [0, 0.1) is 17.0 Å². The molecule has 0 spiro atoms. The number of carbonyl (C=O) groups is 1. The lowest BCUT2D eigenvalue weighted by Crippen LogP contribution is -2.13. The van der Waals surface area contributed by atoms with Crippen LogP contribution >= 0.6 is 11.6 Å². The minimum Gasteiger partial charge on any atom is -0.457 e. The number of carbonyl (C=O) groups excluding carboxylic acids is 1. The summed E-state index contributed by atoms with van der Waals surface area (Å²) in [5, 5.41) is 19.9. The van der Waals surface area contributed by atoms with Crippen molar-refractivity contribution in [1.29, 1.82) is 0 Å². The molecule has 0 saturated heterocycles. The standard InChI is InChI=1S/C27H20ClN5O4/c1-16-24(15-32(2)31-16)26-14-23(22-5-3-4-6-25(22)30-26)27(34)29-18-11-19(33(35)36)13-21(12-18)37-20-9-7-17(28)8-10-20/h3-15H,1-2H3,(H,29,34). The van der Waals surface area contributed by atoms with Crippen LogP contribution in [-0.4, -0.2) is 25.6 Å². The summed E-state index contributed by atoms with van der Waals surface area (Å²) in [6, 6.07) is 19.7. The van der Waals surface area contributed by atoms with Crippen molar-refractivity contribution >= 4 is 39.8 Å². The van der Waals surface area contributed by atoms with Crippen LogP contribution in [0.5, 0.6) is 11.5 Å². The van der Waals surface area contributed by atoms with Gasteiger partial charge in [0.15, 0.2) is 0 Å². The van der Waals surface area contributed by atoms with Crippen LogP contribution in [0.25, 0.3) is 22.2 Å². The van der Waals surface area contributed by atoms with Gasteiger partial charge in [-0.1, -0.05) is 29.8 Å². The van der Waals surface area contributed by atoms with E-state index in [9.17, 15) is 14.9 Å². The van der Waals surface area contributed by atoms with E-state index in [4.69, 9.17) is 21.3 Å². The van der Waals surface area contributed by atoms with E-state index in [1.807, 2.05) is 38.4 Å². The van der Waals surface area contributed by atoms with Crippen molar-refractivity contribution in [3.05, 3.63) is 105 Å². The number of nitrogens with one attached hydrogen (secondary N) is 1. The average molecular weight is 514 g/mol. The Balaban J connectivity index is 1.53. The van der Waals surface area contributed by atoms with E-state index in [0.29, 0.717) is 32.9 Å². The zero-order chi connectivity index (χ0) is 26.1. The lowest BCUT2D eigenvalue weighted by atomic mass is 10.0. The second kappa shape index (κ2) is 9.71. The smallest absolute Gasteiger partial charge is 0.275 e. The first-order valence-corrected chi connectivity index (χ1v) is 11.6. The third-order valence-electron chi connectivity index (χ3n) is 5.66. The Kier molecular flexibility index (Phi) is 6.29. The molecule has 0 saturated carbocycles. The van der Waals surface area contributed by atoms with Gasteiger partial charge in [0.2, 0.25) is 0 Å². The van der Waals surface area contributed by atoms with Crippen LogP contribution in [0.2, 0.25) is 5.02 Å². The fourth-order valence-electron chi connectivity index (χ4n) is 4.01. The van der Waals surface area contributed by atoms with Crippen molar-refractivity contribution in [1.82, 2.24) is 14.8 Å². The highest BCUT2D eigenvalue weighted by atomic mass is 35.5. The number of hydrogen-bond acceptors (Lipinski definition) is 6. The number of aromatic nitrogens is 3. The summed E-state index contributed by atoms with van der Waals surface area (Å²) in [5.74, 6) is 0.191. The molecular formula is C27H20ClN5O4. The summed E-state index contributed by atoms with van der Waals surface area (Å²) in [5.41, 5.74) is 3.17. The number of non-ortho nitro benzene ring substituents is 1. The number of ether oxygens (including phenoxy) is 1. The quantitative estimate of drug-likeness (QED) is 0.203. The van der Waals surface area contributed by atoms with Crippen molar-refractivity contribution in [2.75, 3.05) is 5.32 Å². The largest absolute Gasteiger partial charge is 0.457 e. The molecule has 1 N–H and O–H groups in total. The van der Waals surface area contributed by atoms with Gasteiger partial charge in [-0.25, -0.2) is 4.98 Å². The third-order valence-corrected chi connectivity index (χ3v) is 5.91. The maximum atomic E-state index is 13.5. The van der Waals surface area contributed by atoms with E-state index in [-0.39, 0.29) is 17.1 Å². The van der Waals surface area contributed by atoms with E-state index in [2.05, 4.69) is 10.4 Å². The van der Waals surface area contributed by atoms with Crippen LogP contribution in [0.3, 0.4) is 0 Å². The Morgan fingerprint density at radius 2 is 1.81 bits per heavy atom. The summed E-state index contributed by atoms with van der Waals surface area (Å²) >= 11 is 5.92. The van der Waals surface area contributed by atoms with E-state index >= 15 is 0 Å². The van der Waals surface area contributed by atoms with Crippen LogP contribution in [0.1, 0.15) is 16.1 Å². The predicted octanol–water partition coefficient (Wildman–Crippen LogP) is 6.55.